The van der Waals surface area contributed by atoms with Gasteiger partial charge in [-0.15, -0.1) is 0 Å². The Labute approximate surface area is 302 Å². The van der Waals surface area contributed by atoms with E-state index in [0.29, 0.717) is 36.2 Å². The molecule has 13 heteroatoms. The summed E-state index contributed by atoms with van der Waals surface area (Å²) in [5.41, 5.74) is 2.35. The van der Waals surface area contributed by atoms with Crippen LogP contribution in [0.3, 0.4) is 0 Å². The number of halogens is 2. The number of hydrogen-bond acceptors (Lipinski definition) is 8. The number of piperazine rings is 1. The first-order valence-corrected chi connectivity index (χ1v) is 18.0. The van der Waals surface area contributed by atoms with Crippen molar-refractivity contribution in [2.45, 2.75) is 58.1 Å². The van der Waals surface area contributed by atoms with E-state index in [1.54, 1.807) is 27.8 Å². The Kier molecular flexibility index (Phi) is 9.85. The Morgan fingerprint density at radius 1 is 0.980 bits per heavy atom. The summed E-state index contributed by atoms with van der Waals surface area (Å²) < 4.78 is 24.3. The molecule has 0 saturated carbocycles. The highest BCUT2D eigenvalue weighted by atomic mass is 35.5. The molecule has 2 aromatic heterocycles. The van der Waals surface area contributed by atoms with Crippen LogP contribution < -0.4 is 20.2 Å². The Hall–Kier alpha value is -4.03. The fraction of sp³-hybridized carbons (Fsp3) is 0.432. The van der Waals surface area contributed by atoms with E-state index in [0.717, 1.165) is 55.4 Å². The molecule has 50 heavy (non-hydrogen) atoms. The van der Waals surface area contributed by atoms with E-state index in [2.05, 4.69) is 51.2 Å². The van der Waals surface area contributed by atoms with Crippen LogP contribution in [-0.2, 0) is 16.0 Å². The molecule has 2 aliphatic heterocycles. The maximum atomic E-state index is 12.8. The van der Waals surface area contributed by atoms with Crippen LogP contribution in [0.1, 0.15) is 39.7 Å². The average molecular weight is 721 g/mol. The lowest BCUT2D eigenvalue weighted by atomic mass is 9.75. The second-order valence-electron chi connectivity index (χ2n) is 13.4. The van der Waals surface area contributed by atoms with Crippen LogP contribution in [0.15, 0.2) is 100 Å². The largest absolute Gasteiger partial charge is 0.491 e. The highest BCUT2D eigenvalue weighted by Gasteiger charge is 2.57. The van der Waals surface area contributed by atoms with Gasteiger partial charge in [-0.2, -0.15) is 10.2 Å². The molecular weight excluding hydrogens is 677 g/mol. The molecule has 7 rings (SSSR count). The Morgan fingerprint density at radius 3 is 2.26 bits per heavy atom. The summed E-state index contributed by atoms with van der Waals surface area (Å²) in [6, 6.07) is 18.3. The number of rotatable bonds is 11. The minimum atomic E-state index is -1.04. The Bertz CT molecular complexity index is 1880. The van der Waals surface area contributed by atoms with Crippen LogP contribution >= 0.6 is 23.2 Å². The van der Waals surface area contributed by atoms with Crippen LogP contribution in [0.25, 0.3) is 5.69 Å². The highest BCUT2D eigenvalue weighted by Crippen LogP contribution is 2.52. The van der Waals surface area contributed by atoms with E-state index >= 15 is 0 Å². The third-order valence-electron chi connectivity index (χ3n) is 10.2. The van der Waals surface area contributed by atoms with E-state index in [9.17, 15) is 4.79 Å². The van der Waals surface area contributed by atoms with Gasteiger partial charge in [-0.1, -0.05) is 36.2 Å². The molecule has 1 aliphatic carbocycles. The number of anilines is 2. The van der Waals surface area contributed by atoms with E-state index in [1.807, 2.05) is 61.1 Å². The van der Waals surface area contributed by atoms with Crippen LogP contribution in [0.5, 0.6) is 5.75 Å². The zero-order valence-electron chi connectivity index (χ0n) is 28.6. The van der Waals surface area contributed by atoms with E-state index in [1.165, 1.54) is 0 Å². The fourth-order valence-electron chi connectivity index (χ4n) is 6.83. The molecule has 2 fully saturated rings. The summed E-state index contributed by atoms with van der Waals surface area (Å²) in [5, 5.41) is 9.90. The molecule has 0 bridgehead atoms. The number of benzene rings is 2. The van der Waals surface area contributed by atoms with E-state index < -0.39 is 11.2 Å². The van der Waals surface area contributed by atoms with Gasteiger partial charge in [0.25, 0.3) is 0 Å². The normalized spacial score (nSPS) is 24.6. The summed E-state index contributed by atoms with van der Waals surface area (Å²) in [6.07, 6.45) is 10.1. The zero-order chi connectivity index (χ0) is 34.9. The summed E-state index contributed by atoms with van der Waals surface area (Å²) in [4.78, 5) is 17.6. The maximum Gasteiger partial charge on any atom is 0.350 e. The molecule has 0 amide bonds. The quantitative estimate of drug-likeness (QED) is 0.177. The van der Waals surface area contributed by atoms with Gasteiger partial charge in [0.2, 0.25) is 0 Å². The van der Waals surface area contributed by atoms with Crippen molar-refractivity contribution in [1.29, 1.82) is 0 Å². The maximum absolute atomic E-state index is 12.8. The molecule has 2 aromatic carbocycles. The number of aromatic nitrogens is 5. The Morgan fingerprint density at radius 2 is 1.64 bits per heavy atom. The van der Waals surface area contributed by atoms with Crippen molar-refractivity contribution in [1.82, 2.24) is 24.1 Å². The van der Waals surface area contributed by atoms with Crippen molar-refractivity contribution in [3.8, 4) is 11.4 Å². The standard InChI is InChI=1S/C37H43Cl2N7O4/c1-4-27(2)46-35(47)45(26-41-46)31-8-6-29(7-9-31)42-18-20-43(21-19-42)30-10-12-32(13-11-30)48-23-33-24-49-37(50-33,25-44-17-5-16-40-44)36(3)15-14-28(38)22-34(36)39/h5-14,16-17,22,26-27,33H,4,15,18-21,23-25H2,1-3H3/t27?,33-,36?,37-/m1/s1. The second kappa shape index (κ2) is 14.3. The average Bonchev–Trinajstić information content (AvgIpc) is 3.90. The van der Waals surface area contributed by atoms with Gasteiger partial charge in [0.05, 0.1) is 30.3 Å². The molecule has 0 N–H and O–H groups in total. The molecule has 4 atom stereocenters. The van der Waals surface area contributed by atoms with Crippen molar-refractivity contribution >= 4 is 34.6 Å². The second-order valence-corrected chi connectivity index (χ2v) is 14.2. The minimum absolute atomic E-state index is 0.0666. The number of nitrogens with zero attached hydrogens (tertiary/aromatic N) is 7. The van der Waals surface area contributed by atoms with Crippen LogP contribution in [0, 0.1) is 5.41 Å². The smallest absolute Gasteiger partial charge is 0.350 e. The lowest BCUT2D eigenvalue weighted by molar-refractivity contribution is -0.239. The van der Waals surface area contributed by atoms with Crippen LogP contribution in [0.4, 0.5) is 11.4 Å². The lowest BCUT2D eigenvalue weighted by Crippen LogP contribution is -2.52. The van der Waals surface area contributed by atoms with Crippen LogP contribution in [0.2, 0.25) is 0 Å². The molecule has 264 valence electrons. The van der Waals surface area contributed by atoms with Crippen LogP contribution in [-0.4, -0.2) is 75.4 Å². The number of allylic oxidation sites excluding steroid dienone is 3. The molecule has 2 unspecified atom stereocenters. The topological polar surface area (TPSA) is 91.8 Å². The number of hydrogen-bond donors (Lipinski definition) is 0. The lowest BCUT2D eigenvalue weighted by Gasteiger charge is -2.45. The molecule has 4 aromatic rings. The zero-order valence-corrected chi connectivity index (χ0v) is 30.1. The van der Waals surface area contributed by atoms with Crippen molar-refractivity contribution in [2.24, 2.45) is 5.41 Å². The van der Waals surface area contributed by atoms with E-state index in [-0.39, 0.29) is 17.8 Å². The highest BCUT2D eigenvalue weighted by molar-refractivity contribution is 6.35. The van der Waals surface area contributed by atoms with Gasteiger partial charge in [-0.25, -0.2) is 14.0 Å². The van der Waals surface area contributed by atoms with Gasteiger partial charge in [-0.3, -0.25) is 4.68 Å². The molecule has 11 nitrogen and oxygen atoms in total. The molecular formula is C37H43Cl2N7O4. The predicted molar refractivity (Wildman–Crippen MR) is 196 cm³/mol. The van der Waals surface area contributed by atoms with E-state index in [4.69, 9.17) is 37.4 Å². The van der Waals surface area contributed by atoms with Gasteiger partial charge in [0.15, 0.2) is 5.79 Å². The molecule has 0 spiro atoms. The fourth-order valence-corrected chi connectivity index (χ4v) is 7.42. The SMILES string of the molecule is CCC(C)n1ncn(-c2ccc(N3CCN(c4ccc(OC[C@@H]5CO[C@@](Cn6cccn6)(C6(C)CC=C(Cl)C=C6Cl)O5)cc4)CC3)cc2)c1=O. The van der Waals surface area contributed by atoms with Crippen molar-refractivity contribution in [3.63, 3.8) is 0 Å². The summed E-state index contributed by atoms with van der Waals surface area (Å²) >= 11 is 13.1. The van der Waals surface area contributed by atoms with Crippen molar-refractivity contribution < 1.29 is 14.2 Å². The summed E-state index contributed by atoms with van der Waals surface area (Å²) in [7, 11) is 0. The first-order valence-electron chi connectivity index (χ1n) is 17.2. The van der Waals surface area contributed by atoms with Gasteiger partial charge in [0, 0.05) is 60.0 Å². The molecule has 2 saturated heterocycles. The third-order valence-corrected chi connectivity index (χ3v) is 11.0. The Balaban J connectivity index is 0.928. The molecule has 3 aliphatic rings. The first kappa shape index (κ1) is 34.4. The van der Waals surface area contributed by atoms with Crippen molar-refractivity contribution in [3.05, 3.63) is 106 Å². The van der Waals surface area contributed by atoms with Gasteiger partial charge in [0.1, 0.15) is 24.8 Å². The molecule has 4 heterocycles. The first-order chi connectivity index (χ1) is 24.2. The third kappa shape index (κ3) is 6.71. The summed E-state index contributed by atoms with van der Waals surface area (Å²) in [5.74, 6) is -0.273. The molecule has 0 radical (unpaired) electrons. The number of ether oxygens (including phenoxy) is 3. The van der Waals surface area contributed by atoms with Gasteiger partial charge >= 0.3 is 5.69 Å². The van der Waals surface area contributed by atoms with Gasteiger partial charge < -0.3 is 24.0 Å². The minimum Gasteiger partial charge on any atom is -0.491 e. The van der Waals surface area contributed by atoms with Crippen molar-refractivity contribution in [2.75, 3.05) is 49.2 Å². The summed E-state index contributed by atoms with van der Waals surface area (Å²) in [6.45, 7) is 10.7. The monoisotopic (exact) mass is 719 g/mol. The van der Waals surface area contributed by atoms with Gasteiger partial charge in [-0.05, 0) is 87.4 Å². The predicted octanol–water partition coefficient (Wildman–Crippen LogP) is 6.37.